The van der Waals surface area contributed by atoms with Gasteiger partial charge in [-0.05, 0) is 37.2 Å². The van der Waals surface area contributed by atoms with Crippen molar-refractivity contribution >= 4 is 11.7 Å². The van der Waals surface area contributed by atoms with Gasteiger partial charge in [0.2, 0.25) is 5.91 Å². The van der Waals surface area contributed by atoms with Gasteiger partial charge in [0.15, 0.2) is 0 Å². The smallest absolute Gasteiger partial charge is 0.220 e. The summed E-state index contributed by atoms with van der Waals surface area (Å²) >= 11 is 0. The van der Waals surface area contributed by atoms with Gasteiger partial charge in [-0.15, -0.1) is 0 Å². The zero-order valence-corrected chi connectivity index (χ0v) is 14.7. The largest absolute Gasteiger partial charge is 0.384 e. The number of hydrogen-bond acceptors (Lipinski definition) is 2. The Morgan fingerprint density at radius 3 is 2.35 bits per heavy atom. The van der Waals surface area contributed by atoms with Crippen LogP contribution < -0.4 is 11.1 Å². The van der Waals surface area contributed by atoms with E-state index in [0.29, 0.717) is 18.4 Å². The Kier molecular flexibility index (Phi) is 8.38. The van der Waals surface area contributed by atoms with Gasteiger partial charge in [0.05, 0.1) is 0 Å². The van der Waals surface area contributed by atoms with E-state index < -0.39 is 0 Å². The minimum Gasteiger partial charge on any atom is -0.384 e. The van der Waals surface area contributed by atoms with Crippen LogP contribution in [0.4, 0.5) is 0 Å². The molecular weight excluding hydrogens is 286 g/mol. The molecule has 1 aromatic rings. The molecule has 0 saturated carbocycles. The molecule has 0 radical (unpaired) electrons. The molecule has 23 heavy (non-hydrogen) atoms. The first-order valence-corrected chi connectivity index (χ1v) is 8.70. The summed E-state index contributed by atoms with van der Waals surface area (Å²) in [5.74, 6) is 0.799. The molecule has 0 aliphatic rings. The zero-order chi connectivity index (χ0) is 17.2. The molecule has 0 saturated heterocycles. The zero-order valence-electron chi connectivity index (χ0n) is 14.7. The summed E-state index contributed by atoms with van der Waals surface area (Å²) in [6.45, 7) is 6.48. The first kappa shape index (κ1) is 19.2. The number of nitrogens with one attached hydrogen (secondary N) is 2. The van der Waals surface area contributed by atoms with Gasteiger partial charge in [0, 0.05) is 18.0 Å². The Morgan fingerprint density at radius 2 is 1.83 bits per heavy atom. The van der Waals surface area contributed by atoms with E-state index in [1.54, 1.807) is 0 Å². The molecule has 0 bridgehead atoms. The lowest BCUT2D eigenvalue weighted by atomic mass is 9.96. The van der Waals surface area contributed by atoms with Gasteiger partial charge in [-0.3, -0.25) is 10.2 Å². The van der Waals surface area contributed by atoms with E-state index in [1.807, 2.05) is 24.3 Å². The van der Waals surface area contributed by atoms with Gasteiger partial charge >= 0.3 is 0 Å². The summed E-state index contributed by atoms with van der Waals surface area (Å²) in [4.78, 5) is 12.0. The van der Waals surface area contributed by atoms with Gasteiger partial charge < -0.3 is 11.1 Å². The van der Waals surface area contributed by atoms with Crippen molar-refractivity contribution in [2.45, 2.75) is 65.3 Å². The van der Waals surface area contributed by atoms with Crippen molar-refractivity contribution < 1.29 is 4.79 Å². The van der Waals surface area contributed by atoms with E-state index in [1.165, 1.54) is 5.56 Å². The first-order chi connectivity index (χ1) is 11.0. The molecule has 0 fully saturated rings. The Hall–Kier alpha value is -1.84. The molecule has 4 heteroatoms. The van der Waals surface area contributed by atoms with Crippen LogP contribution in [0.25, 0.3) is 0 Å². The minimum atomic E-state index is 0.0972. The maximum Gasteiger partial charge on any atom is 0.220 e. The second kappa shape index (κ2) is 10.0. The number of unbranched alkanes of at least 4 members (excludes halogenated alkanes) is 1. The number of carbonyl (C=O) groups is 1. The highest BCUT2D eigenvalue weighted by Gasteiger charge is 2.15. The molecule has 0 heterocycles. The summed E-state index contributed by atoms with van der Waals surface area (Å²) in [6.07, 6.45) is 5.52. The average Bonchev–Trinajstić information content (AvgIpc) is 2.56. The monoisotopic (exact) mass is 317 g/mol. The van der Waals surface area contributed by atoms with Crippen LogP contribution in [-0.2, 0) is 11.2 Å². The fraction of sp³-hybridized carbons (Fsp3) is 0.579. The lowest BCUT2D eigenvalue weighted by Gasteiger charge is -2.22. The Labute approximate surface area is 140 Å². The molecule has 4 N–H and O–H groups in total. The molecule has 2 unspecified atom stereocenters. The maximum atomic E-state index is 12.0. The number of nitrogens with two attached hydrogens (primary N) is 1. The number of hydrogen-bond donors (Lipinski definition) is 3. The van der Waals surface area contributed by atoms with E-state index >= 15 is 0 Å². The van der Waals surface area contributed by atoms with E-state index in [0.717, 1.165) is 37.7 Å². The van der Waals surface area contributed by atoms with Crippen LogP contribution in [-0.4, -0.2) is 17.8 Å². The Balaban J connectivity index is 2.28. The van der Waals surface area contributed by atoms with Crippen molar-refractivity contribution in [2.75, 3.05) is 0 Å². The van der Waals surface area contributed by atoms with Crippen LogP contribution in [0.5, 0.6) is 0 Å². The SMILES string of the molecule is CCC(C)C(CC)NC(=O)CCCCc1ccc(C(=N)N)cc1. The third kappa shape index (κ3) is 6.85. The normalized spacial score (nSPS) is 13.3. The van der Waals surface area contributed by atoms with Crippen LogP contribution in [0.15, 0.2) is 24.3 Å². The lowest BCUT2D eigenvalue weighted by Crippen LogP contribution is -2.38. The summed E-state index contributed by atoms with van der Waals surface area (Å²) in [5, 5.41) is 10.5. The number of aryl methyl sites for hydroxylation is 1. The summed E-state index contributed by atoms with van der Waals surface area (Å²) in [7, 11) is 0. The second-order valence-corrected chi connectivity index (χ2v) is 6.29. The summed E-state index contributed by atoms with van der Waals surface area (Å²) < 4.78 is 0. The quantitative estimate of drug-likeness (QED) is 0.350. The predicted molar refractivity (Wildman–Crippen MR) is 96.7 cm³/mol. The highest BCUT2D eigenvalue weighted by Crippen LogP contribution is 2.12. The number of carbonyl (C=O) groups excluding carboxylic acids is 1. The van der Waals surface area contributed by atoms with E-state index in [-0.39, 0.29) is 11.7 Å². The molecular formula is C19H31N3O. The molecule has 0 aliphatic heterocycles. The standard InChI is InChI=1S/C19H31N3O/c1-4-14(3)17(5-2)22-18(23)9-7-6-8-15-10-12-16(13-11-15)19(20)21/h10-14,17H,4-9H2,1-3H3,(H3,20,21)(H,22,23). The third-order valence-corrected chi connectivity index (χ3v) is 4.50. The molecule has 1 aromatic carbocycles. The van der Waals surface area contributed by atoms with Crippen LogP contribution in [0.2, 0.25) is 0 Å². The van der Waals surface area contributed by atoms with Crippen LogP contribution in [0.3, 0.4) is 0 Å². The number of benzene rings is 1. The van der Waals surface area contributed by atoms with Crippen molar-refractivity contribution in [3.8, 4) is 0 Å². The van der Waals surface area contributed by atoms with Crippen molar-refractivity contribution in [1.82, 2.24) is 5.32 Å². The van der Waals surface area contributed by atoms with Gasteiger partial charge in [0.25, 0.3) is 0 Å². The van der Waals surface area contributed by atoms with Gasteiger partial charge in [-0.25, -0.2) is 0 Å². The molecule has 1 amide bonds. The topological polar surface area (TPSA) is 79.0 Å². The van der Waals surface area contributed by atoms with Crippen molar-refractivity contribution in [1.29, 1.82) is 5.41 Å². The van der Waals surface area contributed by atoms with E-state index in [2.05, 4.69) is 26.1 Å². The lowest BCUT2D eigenvalue weighted by molar-refractivity contribution is -0.122. The van der Waals surface area contributed by atoms with Crippen LogP contribution in [0, 0.1) is 11.3 Å². The van der Waals surface area contributed by atoms with Crippen molar-refractivity contribution in [2.24, 2.45) is 11.7 Å². The molecule has 0 aromatic heterocycles. The fourth-order valence-corrected chi connectivity index (χ4v) is 2.68. The van der Waals surface area contributed by atoms with Crippen molar-refractivity contribution in [3.05, 3.63) is 35.4 Å². The highest BCUT2D eigenvalue weighted by molar-refractivity contribution is 5.94. The maximum absolute atomic E-state index is 12.0. The first-order valence-electron chi connectivity index (χ1n) is 8.70. The molecule has 1 rings (SSSR count). The average molecular weight is 317 g/mol. The summed E-state index contributed by atoms with van der Waals surface area (Å²) in [5.41, 5.74) is 7.42. The number of nitrogen functional groups attached to an aromatic ring is 1. The Morgan fingerprint density at radius 1 is 1.17 bits per heavy atom. The van der Waals surface area contributed by atoms with Gasteiger partial charge in [-0.1, -0.05) is 51.5 Å². The van der Waals surface area contributed by atoms with Crippen LogP contribution in [0.1, 0.15) is 64.0 Å². The summed E-state index contributed by atoms with van der Waals surface area (Å²) in [6, 6.07) is 8.07. The van der Waals surface area contributed by atoms with Gasteiger partial charge in [-0.2, -0.15) is 0 Å². The highest BCUT2D eigenvalue weighted by atomic mass is 16.1. The number of rotatable bonds is 10. The predicted octanol–water partition coefficient (Wildman–Crippen LogP) is 3.62. The molecule has 0 aliphatic carbocycles. The van der Waals surface area contributed by atoms with E-state index in [4.69, 9.17) is 11.1 Å². The van der Waals surface area contributed by atoms with Gasteiger partial charge in [0.1, 0.15) is 5.84 Å². The van der Waals surface area contributed by atoms with Crippen molar-refractivity contribution in [3.63, 3.8) is 0 Å². The van der Waals surface area contributed by atoms with E-state index in [9.17, 15) is 4.79 Å². The molecule has 0 spiro atoms. The fourth-order valence-electron chi connectivity index (χ4n) is 2.68. The molecule has 4 nitrogen and oxygen atoms in total. The minimum absolute atomic E-state index is 0.0972. The van der Waals surface area contributed by atoms with Crippen LogP contribution >= 0.6 is 0 Å². The molecule has 2 atom stereocenters. The molecule has 128 valence electrons. The Bertz CT molecular complexity index is 496. The number of amides is 1. The number of amidine groups is 1. The third-order valence-electron chi connectivity index (χ3n) is 4.50. The second-order valence-electron chi connectivity index (χ2n) is 6.29.